The molecule has 1 heterocycles. The Morgan fingerprint density at radius 1 is 0.905 bits per heavy atom. The van der Waals surface area contributed by atoms with Gasteiger partial charge in [0.25, 0.3) is 0 Å². The molecule has 1 aliphatic heterocycles. The largest absolute Gasteiger partial charge is 0.301 e. The van der Waals surface area contributed by atoms with E-state index in [4.69, 9.17) is 0 Å². The van der Waals surface area contributed by atoms with Crippen LogP contribution in [-0.4, -0.2) is 4.75 Å². The number of fused-ring (bicyclic) bond motifs is 1. The van der Waals surface area contributed by atoms with Gasteiger partial charge in [0.05, 0.1) is 5.69 Å². The van der Waals surface area contributed by atoms with Crippen LogP contribution in [0.4, 0.5) is 5.69 Å². The van der Waals surface area contributed by atoms with Crippen molar-refractivity contribution >= 4 is 29.8 Å². The smallest absolute Gasteiger partial charge is 0.0624 e. The molecule has 1 N–H and O–H groups in total. The number of anilines is 1. The van der Waals surface area contributed by atoms with E-state index in [1.54, 1.807) is 0 Å². The highest BCUT2D eigenvalue weighted by atomic mass is 32.2. The first kappa shape index (κ1) is 14.1. The fourth-order valence-electron chi connectivity index (χ4n) is 2.25. The average molecular weight is 296 g/mol. The Morgan fingerprint density at radius 3 is 2.24 bits per heavy atom. The van der Waals surface area contributed by atoms with Gasteiger partial charge < -0.3 is 5.43 Å². The summed E-state index contributed by atoms with van der Waals surface area (Å²) in [4.78, 5) is 1.30. The first-order chi connectivity index (χ1) is 10.0. The maximum atomic E-state index is 3.31. The standard InChI is InChI=1S/C18H20N2S/c1-18(2,3)21-17-10-8-16(9-11-17)20-13-15-7-5-4-6-14(15)12-19-20/h4-13,19H,1-3H3. The van der Waals surface area contributed by atoms with Crippen molar-refractivity contribution in [3.05, 3.63) is 59.0 Å². The lowest BCUT2D eigenvalue weighted by atomic mass is 10.2. The molecule has 2 nitrogen and oxygen atoms in total. The van der Waals surface area contributed by atoms with Crippen LogP contribution in [0.1, 0.15) is 20.8 Å². The molecule has 108 valence electrons. The first-order valence-corrected chi connectivity index (χ1v) is 7.94. The molecule has 21 heavy (non-hydrogen) atoms. The SMILES string of the molecule is CC(C)(C)Sc1ccc(N2C=c3ccccc3=CN2)cc1. The van der Waals surface area contributed by atoms with Crippen LogP contribution in [0.2, 0.25) is 0 Å². The fraction of sp³-hybridized carbons (Fsp3) is 0.222. The van der Waals surface area contributed by atoms with E-state index < -0.39 is 0 Å². The lowest BCUT2D eigenvalue weighted by Crippen LogP contribution is -2.41. The first-order valence-electron chi connectivity index (χ1n) is 7.13. The van der Waals surface area contributed by atoms with Gasteiger partial charge in [0, 0.05) is 32.5 Å². The quantitative estimate of drug-likeness (QED) is 0.858. The van der Waals surface area contributed by atoms with Crippen LogP contribution < -0.4 is 20.9 Å². The number of thioether (sulfide) groups is 1. The van der Waals surface area contributed by atoms with E-state index >= 15 is 0 Å². The van der Waals surface area contributed by atoms with Gasteiger partial charge in [-0.25, -0.2) is 0 Å². The molecule has 0 aliphatic carbocycles. The van der Waals surface area contributed by atoms with Crippen LogP contribution in [0, 0.1) is 0 Å². The van der Waals surface area contributed by atoms with Gasteiger partial charge in [0.2, 0.25) is 0 Å². The highest BCUT2D eigenvalue weighted by Gasteiger charge is 2.12. The minimum absolute atomic E-state index is 0.240. The summed E-state index contributed by atoms with van der Waals surface area (Å²) in [6, 6.07) is 17.0. The molecular formula is C18H20N2S. The van der Waals surface area contributed by atoms with Crippen molar-refractivity contribution in [1.29, 1.82) is 0 Å². The van der Waals surface area contributed by atoms with Crippen molar-refractivity contribution in [2.45, 2.75) is 30.4 Å². The normalized spacial score (nSPS) is 13.8. The molecule has 0 saturated carbocycles. The van der Waals surface area contributed by atoms with Crippen LogP contribution in [0.5, 0.6) is 0 Å². The predicted molar refractivity (Wildman–Crippen MR) is 92.3 cm³/mol. The summed E-state index contributed by atoms with van der Waals surface area (Å²) >= 11 is 1.89. The van der Waals surface area contributed by atoms with Gasteiger partial charge in [-0.05, 0) is 24.3 Å². The van der Waals surface area contributed by atoms with Crippen LogP contribution in [-0.2, 0) is 0 Å². The number of nitrogens with one attached hydrogen (secondary N) is 1. The zero-order valence-corrected chi connectivity index (χ0v) is 13.4. The van der Waals surface area contributed by atoms with E-state index in [2.05, 4.69) is 80.9 Å². The molecule has 0 spiro atoms. The monoisotopic (exact) mass is 296 g/mol. The Hall–Kier alpha value is -1.87. The topological polar surface area (TPSA) is 15.3 Å². The zero-order chi connectivity index (χ0) is 14.9. The molecule has 0 unspecified atom stereocenters. The molecule has 0 fully saturated rings. The van der Waals surface area contributed by atoms with E-state index in [9.17, 15) is 0 Å². The van der Waals surface area contributed by atoms with Crippen LogP contribution in [0.25, 0.3) is 12.4 Å². The minimum atomic E-state index is 0.240. The van der Waals surface area contributed by atoms with Gasteiger partial charge in [0.1, 0.15) is 0 Å². The Balaban J connectivity index is 1.84. The molecule has 0 radical (unpaired) electrons. The molecule has 3 rings (SSSR count). The Bertz CT molecular complexity index is 742. The van der Waals surface area contributed by atoms with Crippen molar-refractivity contribution in [3.8, 4) is 0 Å². The summed E-state index contributed by atoms with van der Waals surface area (Å²) in [5.41, 5.74) is 4.44. The highest BCUT2D eigenvalue weighted by molar-refractivity contribution is 8.00. The summed E-state index contributed by atoms with van der Waals surface area (Å²) in [5.74, 6) is 0. The summed E-state index contributed by atoms with van der Waals surface area (Å²) < 4.78 is 0.240. The molecular weight excluding hydrogens is 276 g/mol. The average Bonchev–Trinajstić information content (AvgIpc) is 2.46. The Morgan fingerprint density at radius 2 is 1.57 bits per heavy atom. The third-order valence-corrected chi connectivity index (χ3v) is 4.28. The number of hydrazine groups is 1. The van der Waals surface area contributed by atoms with Gasteiger partial charge >= 0.3 is 0 Å². The van der Waals surface area contributed by atoms with Crippen molar-refractivity contribution in [1.82, 2.24) is 5.43 Å². The third-order valence-electron chi connectivity index (χ3n) is 3.16. The molecule has 0 atom stereocenters. The number of rotatable bonds is 2. The van der Waals surface area contributed by atoms with Crippen molar-refractivity contribution in [2.24, 2.45) is 0 Å². The lowest BCUT2D eigenvalue weighted by Gasteiger charge is -2.23. The predicted octanol–water partition coefficient (Wildman–Crippen LogP) is 3.08. The second-order valence-electron chi connectivity index (χ2n) is 6.11. The summed E-state index contributed by atoms with van der Waals surface area (Å²) in [5, 5.41) is 4.49. The number of hydrogen-bond donors (Lipinski definition) is 1. The van der Waals surface area contributed by atoms with Gasteiger partial charge in [-0.3, -0.25) is 5.01 Å². The summed E-state index contributed by atoms with van der Waals surface area (Å²) in [6.07, 6.45) is 4.16. The van der Waals surface area contributed by atoms with Gasteiger partial charge in [-0.15, -0.1) is 11.8 Å². The van der Waals surface area contributed by atoms with E-state index in [0.29, 0.717) is 0 Å². The molecule has 0 aromatic heterocycles. The molecule has 0 bridgehead atoms. The third kappa shape index (κ3) is 3.42. The fourth-order valence-corrected chi connectivity index (χ4v) is 3.23. The molecule has 1 aliphatic rings. The van der Waals surface area contributed by atoms with Crippen LogP contribution in [0.15, 0.2) is 53.4 Å². The maximum absolute atomic E-state index is 3.31. The van der Waals surface area contributed by atoms with Gasteiger partial charge in [0.15, 0.2) is 0 Å². The molecule has 2 aromatic carbocycles. The maximum Gasteiger partial charge on any atom is 0.0624 e. The second-order valence-corrected chi connectivity index (χ2v) is 8.01. The van der Waals surface area contributed by atoms with E-state index in [1.165, 1.54) is 15.3 Å². The number of benzene rings is 2. The van der Waals surface area contributed by atoms with Crippen molar-refractivity contribution in [3.63, 3.8) is 0 Å². The Labute approximate surface area is 130 Å². The number of nitrogens with zero attached hydrogens (tertiary/aromatic N) is 1. The minimum Gasteiger partial charge on any atom is -0.301 e. The Kier molecular flexibility index (Phi) is 3.68. The van der Waals surface area contributed by atoms with Crippen LogP contribution in [0.3, 0.4) is 0 Å². The van der Waals surface area contributed by atoms with E-state index in [-0.39, 0.29) is 4.75 Å². The lowest BCUT2D eigenvalue weighted by molar-refractivity contribution is 0.803. The van der Waals surface area contributed by atoms with Crippen molar-refractivity contribution < 1.29 is 0 Å². The summed E-state index contributed by atoms with van der Waals surface area (Å²) in [6.45, 7) is 6.70. The number of hydrogen-bond acceptors (Lipinski definition) is 3. The molecule has 0 amide bonds. The summed E-state index contributed by atoms with van der Waals surface area (Å²) in [7, 11) is 0. The zero-order valence-electron chi connectivity index (χ0n) is 12.6. The molecule has 0 saturated heterocycles. The molecule has 2 aromatic rings. The van der Waals surface area contributed by atoms with Gasteiger partial charge in [-0.2, -0.15) is 0 Å². The van der Waals surface area contributed by atoms with Gasteiger partial charge in [-0.1, -0.05) is 45.0 Å². The van der Waals surface area contributed by atoms with Crippen molar-refractivity contribution in [2.75, 3.05) is 5.01 Å². The van der Waals surface area contributed by atoms with Crippen LogP contribution >= 0.6 is 11.8 Å². The van der Waals surface area contributed by atoms with E-state index in [1.807, 2.05) is 23.0 Å². The molecule has 3 heteroatoms. The van der Waals surface area contributed by atoms with E-state index in [0.717, 1.165) is 5.69 Å². The second kappa shape index (κ2) is 5.49. The highest BCUT2D eigenvalue weighted by Crippen LogP contribution is 2.32.